The normalized spacial score (nSPS) is 17.8. The van der Waals surface area contributed by atoms with Gasteiger partial charge in [-0.15, -0.1) is 0 Å². The van der Waals surface area contributed by atoms with E-state index < -0.39 is 0 Å². The van der Waals surface area contributed by atoms with Gasteiger partial charge in [-0.05, 0) is 18.2 Å². The Hall–Kier alpha value is -1.07. The van der Waals surface area contributed by atoms with E-state index in [1.807, 2.05) is 32.0 Å². The van der Waals surface area contributed by atoms with E-state index in [4.69, 9.17) is 4.74 Å². The molecule has 0 radical (unpaired) electrons. The number of aliphatic hydroxyl groups excluding tert-OH is 1. The minimum atomic E-state index is -0.310. The minimum Gasteiger partial charge on any atom is -0.492 e. The van der Waals surface area contributed by atoms with Crippen molar-refractivity contribution in [3.63, 3.8) is 0 Å². The first-order valence-electron chi connectivity index (χ1n) is 6.24. The number of aliphatic hydroxyl groups is 1. The molecule has 104 valence electrons. The molecule has 2 N–H and O–H groups in total. The van der Waals surface area contributed by atoms with Crippen molar-refractivity contribution in [2.24, 2.45) is 5.41 Å². The zero-order chi connectivity index (χ0) is 14.0. The van der Waals surface area contributed by atoms with Crippen molar-refractivity contribution in [2.45, 2.75) is 19.8 Å². The first-order valence-corrected chi connectivity index (χ1v) is 7.03. The van der Waals surface area contributed by atoms with E-state index in [0.717, 1.165) is 15.8 Å². The molecule has 1 aliphatic rings. The summed E-state index contributed by atoms with van der Waals surface area (Å²) in [5, 5.41) is 12.1. The Morgan fingerprint density at radius 1 is 1.58 bits per heavy atom. The van der Waals surface area contributed by atoms with Crippen LogP contribution in [0.3, 0.4) is 0 Å². The summed E-state index contributed by atoms with van der Waals surface area (Å²) >= 11 is 3.40. The first-order chi connectivity index (χ1) is 8.93. The number of hydrogen-bond donors (Lipinski definition) is 2. The summed E-state index contributed by atoms with van der Waals surface area (Å²) in [7, 11) is 0. The summed E-state index contributed by atoms with van der Waals surface area (Å²) in [6, 6.07) is 5.68. The second kappa shape index (κ2) is 5.51. The Balaban J connectivity index is 2.05. The smallest absolute Gasteiger partial charge is 0.231 e. The maximum atomic E-state index is 12.2. The van der Waals surface area contributed by atoms with Gasteiger partial charge < -0.3 is 15.2 Å². The molecule has 2 rings (SSSR count). The lowest BCUT2D eigenvalue weighted by Crippen LogP contribution is -2.38. The average molecular weight is 328 g/mol. The van der Waals surface area contributed by atoms with Gasteiger partial charge in [-0.25, -0.2) is 0 Å². The largest absolute Gasteiger partial charge is 0.492 e. The maximum Gasteiger partial charge on any atom is 0.231 e. The van der Waals surface area contributed by atoms with Crippen LogP contribution in [-0.4, -0.2) is 30.8 Å². The standard InChI is InChI=1S/C14H18BrNO3/c1-14(2,8-17)7-16-13(18)11-6-19-12-4-3-9(15)5-10(11)12/h3-5,11,17H,6-8H2,1-2H3,(H,16,18). The predicted molar refractivity (Wildman–Crippen MR) is 76.3 cm³/mol. The molecule has 4 nitrogen and oxygen atoms in total. The van der Waals surface area contributed by atoms with Crippen molar-refractivity contribution >= 4 is 21.8 Å². The molecule has 0 aromatic heterocycles. The van der Waals surface area contributed by atoms with Crippen LogP contribution in [0.5, 0.6) is 5.75 Å². The van der Waals surface area contributed by atoms with E-state index in [1.54, 1.807) is 0 Å². The molecule has 1 heterocycles. The highest BCUT2D eigenvalue weighted by atomic mass is 79.9. The van der Waals surface area contributed by atoms with Crippen LogP contribution >= 0.6 is 15.9 Å². The zero-order valence-corrected chi connectivity index (χ0v) is 12.7. The molecule has 1 aliphatic heterocycles. The molecule has 0 saturated heterocycles. The van der Waals surface area contributed by atoms with Crippen LogP contribution in [0.4, 0.5) is 0 Å². The number of amides is 1. The average Bonchev–Trinajstić information content (AvgIpc) is 2.79. The lowest BCUT2D eigenvalue weighted by Gasteiger charge is -2.22. The SMILES string of the molecule is CC(C)(CO)CNC(=O)C1COc2ccc(Br)cc21. The molecule has 1 atom stereocenters. The molecule has 5 heteroatoms. The van der Waals surface area contributed by atoms with Gasteiger partial charge in [0.1, 0.15) is 18.3 Å². The van der Waals surface area contributed by atoms with Gasteiger partial charge in [-0.3, -0.25) is 4.79 Å². The second-order valence-corrected chi connectivity index (χ2v) is 6.50. The monoisotopic (exact) mass is 327 g/mol. The number of benzene rings is 1. The summed E-state index contributed by atoms with van der Waals surface area (Å²) < 4.78 is 6.45. The van der Waals surface area contributed by atoms with E-state index in [0.29, 0.717) is 13.2 Å². The van der Waals surface area contributed by atoms with Crippen LogP contribution in [0.1, 0.15) is 25.3 Å². The molecule has 19 heavy (non-hydrogen) atoms. The highest BCUT2D eigenvalue weighted by Crippen LogP contribution is 2.35. The Morgan fingerprint density at radius 2 is 2.32 bits per heavy atom. The summed E-state index contributed by atoms with van der Waals surface area (Å²) in [5.41, 5.74) is 0.601. The molecule has 1 unspecified atom stereocenters. The molecule has 1 aromatic rings. The van der Waals surface area contributed by atoms with Crippen molar-refractivity contribution in [1.82, 2.24) is 5.32 Å². The number of rotatable bonds is 4. The van der Waals surface area contributed by atoms with E-state index in [9.17, 15) is 9.90 Å². The van der Waals surface area contributed by atoms with Crippen LogP contribution in [-0.2, 0) is 4.79 Å². The highest BCUT2D eigenvalue weighted by Gasteiger charge is 2.31. The lowest BCUT2D eigenvalue weighted by molar-refractivity contribution is -0.123. The van der Waals surface area contributed by atoms with E-state index in [1.165, 1.54) is 0 Å². The molecule has 1 amide bonds. The van der Waals surface area contributed by atoms with Crippen molar-refractivity contribution in [3.8, 4) is 5.75 Å². The number of halogens is 1. The fourth-order valence-electron chi connectivity index (χ4n) is 1.91. The van der Waals surface area contributed by atoms with Crippen LogP contribution < -0.4 is 10.1 Å². The van der Waals surface area contributed by atoms with E-state index in [2.05, 4.69) is 21.2 Å². The molecule has 0 saturated carbocycles. The summed E-state index contributed by atoms with van der Waals surface area (Å²) in [6.45, 7) is 4.67. The minimum absolute atomic E-state index is 0.0383. The highest BCUT2D eigenvalue weighted by molar-refractivity contribution is 9.10. The van der Waals surface area contributed by atoms with Crippen molar-refractivity contribution in [2.75, 3.05) is 19.8 Å². The summed E-state index contributed by atoms with van der Waals surface area (Å²) in [5.74, 6) is 0.435. The van der Waals surface area contributed by atoms with Gasteiger partial charge in [-0.1, -0.05) is 29.8 Å². The topological polar surface area (TPSA) is 58.6 Å². The number of fused-ring (bicyclic) bond motifs is 1. The molecule has 0 fully saturated rings. The molecule has 0 bridgehead atoms. The van der Waals surface area contributed by atoms with Gasteiger partial charge in [0.15, 0.2) is 0 Å². The summed E-state index contributed by atoms with van der Waals surface area (Å²) in [6.07, 6.45) is 0. The molecule has 0 spiro atoms. The first kappa shape index (κ1) is 14.3. The fourth-order valence-corrected chi connectivity index (χ4v) is 2.29. The second-order valence-electron chi connectivity index (χ2n) is 5.59. The van der Waals surface area contributed by atoms with Gasteiger partial charge in [0, 0.05) is 28.6 Å². The Labute approximate surface area is 121 Å². The quantitative estimate of drug-likeness (QED) is 0.889. The number of nitrogens with one attached hydrogen (secondary N) is 1. The number of ether oxygens (including phenoxy) is 1. The Morgan fingerprint density at radius 3 is 3.00 bits per heavy atom. The number of hydrogen-bond acceptors (Lipinski definition) is 3. The van der Waals surface area contributed by atoms with Crippen LogP contribution in [0.15, 0.2) is 22.7 Å². The molecule has 1 aromatic carbocycles. The Kier molecular flexibility index (Phi) is 4.16. The molecule has 0 aliphatic carbocycles. The van der Waals surface area contributed by atoms with Crippen LogP contribution in [0.2, 0.25) is 0 Å². The zero-order valence-electron chi connectivity index (χ0n) is 11.1. The van der Waals surface area contributed by atoms with Crippen molar-refractivity contribution in [3.05, 3.63) is 28.2 Å². The van der Waals surface area contributed by atoms with Gasteiger partial charge >= 0.3 is 0 Å². The summed E-state index contributed by atoms with van der Waals surface area (Å²) in [4.78, 5) is 12.2. The van der Waals surface area contributed by atoms with Crippen molar-refractivity contribution in [1.29, 1.82) is 0 Å². The fraction of sp³-hybridized carbons (Fsp3) is 0.500. The third-order valence-corrected chi connectivity index (χ3v) is 3.73. The maximum absolute atomic E-state index is 12.2. The van der Waals surface area contributed by atoms with Crippen molar-refractivity contribution < 1.29 is 14.6 Å². The van der Waals surface area contributed by atoms with E-state index >= 15 is 0 Å². The molecular weight excluding hydrogens is 310 g/mol. The predicted octanol–water partition coefficient (Wildman–Crippen LogP) is 2.06. The Bertz CT molecular complexity index is 488. The van der Waals surface area contributed by atoms with Gasteiger partial charge in [0.25, 0.3) is 0 Å². The van der Waals surface area contributed by atoms with Crippen LogP contribution in [0.25, 0.3) is 0 Å². The third-order valence-electron chi connectivity index (χ3n) is 3.24. The number of carbonyl (C=O) groups excluding carboxylic acids is 1. The lowest BCUT2D eigenvalue weighted by atomic mass is 9.94. The third kappa shape index (κ3) is 3.28. The van der Waals surface area contributed by atoms with E-state index in [-0.39, 0.29) is 23.8 Å². The van der Waals surface area contributed by atoms with Gasteiger partial charge in [0.2, 0.25) is 5.91 Å². The van der Waals surface area contributed by atoms with Gasteiger partial charge in [-0.2, -0.15) is 0 Å². The number of carbonyl (C=O) groups is 1. The van der Waals surface area contributed by atoms with Gasteiger partial charge in [0.05, 0.1) is 0 Å². The molecular formula is C14H18BrNO3. The van der Waals surface area contributed by atoms with Crippen LogP contribution in [0, 0.1) is 5.41 Å².